The third-order valence-corrected chi connectivity index (χ3v) is 4.38. The van der Waals surface area contributed by atoms with Crippen molar-refractivity contribution in [3.63, 3.8) is 0 Å². The van der Waals surface area contributed by atoms with Gasteiger partial charge in [-0.25, -0.2) is 0 Å². The van der Waals surface area contributed by atoms with Crippen LogP contribution in [0.15, 0.2) is 48.7 Å². The number of hydrogen-bond donors (Lipinski definition) is 1. The molecule has 0 aromatic carbocycles. The highest BCUT2D eigenvalue weighted by molar-refractivity contribution is 5.32. The van der Waals surface area contributed by atoms with Crippen molar-refractivity contribution in [3.05, 3.63) is 54.4 Å². The Labute approximate surface area is 115 Å². The summed E-state index contributed by atoms with van der Waals surface area (Å²) in [5.41, 5.74) is 1.22. The predicted octanol–water partition coefficient (Wildman–Crippen LogP) is 3.37. The van der Waals surface area contributed by atoms with E-state index < -0.39 is 0 Å². The van der Waals surface area contributed by atoms with Gasteiger partial charge in [-0.2, -0.15) is 0 Å². The van der Waals surface area contributed by atoms with E-state index >= 15 is 0 Å². The van der Waals surface area contributed by atoms with Crippen LogP contribution in [0.25, 0.3) is 0 Å². The summed E-state index contributed by atoms with van der Waals surface area (Å²) in [6.07, 6.45) is 17.2. The van der Waals surface area contributed by atoms with Crippen LogP contribution >= 0.6 is 0 Å². The van der Waals surface area contributed by atoms with E-state index in [9.17, 15) is 0 Å². The summed E-state index contributed by atoms with van der Waals surface area (Å²) in [5.74, 6) is 0. The smallest absolute Gasteiger partial charge is 0.0519 e. The fraction of sp³-hybridized carbons (Fsp3) is 0.471. The number of hydrogen-bond acceptors (Lipinski definition) is 2. The van der Waals surface area contributed by atoms with Crippen LogP contribution in [-0.2, 0) is 5.41 Å². The molecule has 1 fully saturated rings. The number of pyridine rings is 1. The van der Waals surface area contributed by atoms with Crippen LogP contribution in [0.3, 0.4) is 0 Å². The second-order valence-corrected chi connectivity index (χ2v) is 5.72. The van der Waals surface area contributed by atoms with Gasteiger partial charge in [0.2, 0.25) is 0 Å². The molecular weight excluding hydrogens is 232 g/mol. The molecule has 0 radical (unpaired) electrons. The number of aromatic nitrogens is 1. The summed E-state index contributed by atoms with van der Waals surface area (Å²) in [6.45, 7) is 0.996. The number of allylic oxidation sites excluding steroid dienone is 3. The molecule has 1 aromatic heterocycles. The Bertz CT molecular complexity index is 457. The van der Waals surface area contributed by atoms with Crippen molar-refractivity contribution in [1.82, 2.24) is 10.3 Å². The summed E-state index contributed by atoms with van der Waals surface area (Å²) < 4.78 is 0. The first-order chi connectivity index (χ1) is 9.39. The van der Waals surface area contributed by atoms with Crippen molar-refractivity contribution < 1.29 is 0 Å². The monoisotopic (exact) mass is 254 g/mol. The van der Waals surface area contributed by atoms with Crippen LogP contribution < -0.4 is 5.32 Å². The molecule has 1 atom stereocenters. The molecule has 0 amide bonds. The molecule has 3 rings (SSSR count). The molecule has 2 aliphatic rings. The SMILES string of the molecule is C1=CCC(CNC2CCCC2)(c2ccccn2)C=C1. The molecule has 1 saturated carbocycles. The highest BCUT2D eigenvalue weighted by atomic mass is 14.9. The molecule has 1 unspecified atom stereocenters. The molecule has 1 aromatic rings. The molecule has 1 heterocycles. The first-order valence-electron chi connectivity index (χ1n) is 7.38. The van der Waals surface area contributed by atoms with Crippen molar-refractivity contribution in [2.24, 2.45) is 0 Å². The number of nitrogens with zero attached hydrogens (tertiary/aromatic N) is 1. The highest BCUT2D eigenvalue weighted by Crippen LogP contribution is 2.31. The minimum absolute atomic E-state index is 0.0403. The Morgan fingerprint density at radius 2 is 2.11 bits per heavy atom. The lowest BCUT2D eigenvalue weighted by molar-refractivity contribution is 0.420. The van der Waals surface area contributed by atoms with Gasteiger partial charge in [-0.05, 0) is 31.4 Å². The maximum absolute atomic E-state index is 4.59. The van der Waals surface area contributed by atoms with Crippen LogP contribution in [0.5, 0.6) is 0 Å². The first-order valence-corrected chi connectivity index (χ1v) is 7.38. The highest BCUT2D eigenvalue weighted by Gasteiger charge is 2.31. The standard InChI is InChI=1S/C17H22N2/c1-5-11-17(12-6-1,16-10-4-7-13-18-16)14-19-15-8-2-3-9-15/h1,4-7,10-11,13,15,19H,2-3,8-9,12,14H2. The molecule has 2 nitrogen and oxygen atoms in total. The molecule has 19 heavy (non-hydrogen) atoms. The van der Waals surface area contributed by atoms with Gasteiger partial charge in [0.25, 0.3) is 0 Å². The predicted molar refractivity (Wildman–Crippen MR) is 79.1 cm³/mol. The Balaban J connectivity index is 1.77. The van der Waals surface area contributed by atoms with E-state index in [0.29, 0.717) is 6.04 Å². The van der Waals surface area contributed by atoms with E-state index in [2.05, 4.69) is 46.7 Å². The summed E-state index contributed by atoms with van der Waals surface area (Å²) in [4.78, 5) is 4.59. The molecule has 2 aliphatic carbocycles. The lowest BCUT2D eigenvalue weighted by atomic mass is 9.78. The van der Waals surface area contributed by atoms with Gasteiger partial charge >= 0.3 is 0 Å². The Morgan fingerprint density at radius 1 is 1.21 bits per heavy atom. The van der Waals surface area contributed by atoms with Crippen molar-refractivity contribution in [1.29, 1.82) is 0 Å². The maximum Gasteiger partial charge on any atom is 0.0519 e. The summed E-state index contributed by atoms with van der Waals surface area (Å²) in [6, 6.07) is 6.94. The van der Waals surface area contributed by atoms with Crippen molar-refractivity contribution in [2.75, 3.05) is 6.54 Å². The van der Waals surface area contributed by atoms with Crippen LogP contribution in [0.2, 0.25) is 0 Å². The minimum atomic E-state index is 0.0403. The molecule has 2 heteroatoms. The van der Waals surface area contributed by atoms with Gasteiger partial charge < -0.3 is 5.32 Å². The van der Waals surface area contributed by atoms with E-state index in [1.54, 1.807) is 0 Å². The van der Waals surface area contributed by atoms with Gasteiger partial charge in [0.15, 0.2) is 0 Å². The van der Waals surface area contributed by atoms with E-state index in [4.69, 9.17) is 0 Å². The second-order valence-electron chi connectivity index (χ2n) is 5.72. The molecule has 100 valence electrons. The largest absolute Gasteiger partial charge is 0.313 e. The van der Waals surface area contributed by atoms with Crippen molar-refractivity contribution >= 4 is 0 Å². The lowest BCUT2D eigenvalue weighted by Crippen LogP contribution is -2.41. The fourth-order valence-electron chi connectivity index (χ4n) is 3.19. The Kier molecular flexibility index (Phi) is 3.79. The third kappa shape index (κ3) is 2.79. The van der Waals surface area contributed by atoms with Crippen molar-refractivity contribution in [2.45, 2.75) is 43.6 Å². The average Bonchev–Trinajstić information content (AvgIpc) is 3.01. The molecule has 0 bridgehead atoms. The lowest BCUT2D eigenvalue weighted by Gasteiger charge is -2.32. The van der Waals surface area contributed by atoms with Gasteiger partial charge in [-0.15, -0.1) is 0 Å². The van der Waals surface area contributed by atoms with Gasteiger partial charge in [0, 0.05) is 24.2 Å². The molecule has 0 aliphatic heterocycles. The van der Waals surface area contributed by atoms with Gasteiger partial charge in [0.05, 0.1) is 5.69 Å². The van der Waals surface area contributed by atoms with E-state index in [1.165, 1.54) is 31.4 Å². The van der Waals surface area contributed by atoms with Gasteiger partial charge in [-0.3, -0.25) is 4.98 Å². The van der Waals surface area contributed by atoms with Crippen LogP contribution in [-0.4, -0.2) is 17.6 Å². The normalized spacial score (nSPS) is 26.9. The van der Waals surface area contributed by atoms with E-state index in [-0.39, 0.29) is 5.41 Å². The molecule has 0 saturated heterocycles. The zero-order chi connectivity index (χ0) is 13.0. The van der Waals surface area contributed by atoms with Crippen molar-refractivity contribution in [3.8, 4) is 0 Å². The third-order valence-electron chi connectivity index (χ3n) is 4.38. The van der Waals surface area contributed by atoms with E-state index in [0.717, 1.165) is 13.0 Å². The summed E-state index contributed by atoms with van der Waals surface area (Å²) in [7, 11) is 0. The molecule has 0 spiro atoms. The average molecular weight is 254 g/mol. The van der Waals surface area contributed by atoms with E-state index in [1.807, 2.05) is 12.3 Å². The van der Waals surface area contributed by atoms with Gasteiger partial charge in [-0.1, -0.05) is 43.2 Å². The Hall–Kier alpha value is -1.41. The quantitative estimate of drug-likeness (QED) is 0.891. The topological polar surface area (TPSA) is 24.9 Å². The second kappa shape index (κ2) is 5.70. The van der Waals surface area contributed by atoms with Crippen LogP contribution in [0.1, 0.15) is 37.8 Å². The Morgan fingerprint density at radius 3 is 2.79 bits per heavy atom. The van der Waals surface area contributed by atoms with Crippen LogP contribution in [0.4, 0.5) is 0 Å². The van der Waals surface area contributed by atoms with Crippen LogP contribution in [0, 0.1) is 0 Å². The first kappa shape index (κ1) is 12.6. The number of nitrogens with one attached hydrogen (secondary N) is 1. The molecular formula is C17H22N2. The maximum atomic E-state index is 4.59. The number of rotatable bonds is 4. The van der Waals surface area contributed by atoms with Gasteiger partial charge in [0.1, 0.15) is 0 Å². The minimum Gasteiger partial charge on any atom is -0.313 e. The summed E-state index contributed by atoms with van der Waals surface area (Å²) in [5, 5.41) is 3.77. The fourth-order valence-corrected chi connectivity index (χ4v) is 3.19. The zero-order valence-corrected chi connectivity index (χ0v) is 11.4. The summed E-state index contributed by atoms with van der Waals surface area (Å²) >= 11 is 0. The zero-order valence-electron chi connectivity index (χ0n) is 11.4. The molecule has 1 N–H and O–H groups in total.